The van der Waals surface area contributed by atoms with E-state index in [1.807, 2.05) is 25.1 Å². The third kappa shape index (κ3) is 6.01. The smallest absolute Gasteiger partial charge is 0.241 e. The molecule has 0 aliphatic carbocycles. The fourth-order valence-electron chi connectivity index (χ4n) is 2.87. The molecule has 1 heterocycles. The first kappa shape index (κ1) is 21.2. The third-order valence-electron chi connectivity index (χ3n) is 4.67. The second-order valence-electron chi connectivity index (χ2n) is 6.95. The van der Waals surface area contributed by atoms with Crippen LogP contribution in [0.1, 0.15) is 12.0 Å². The molecule has 156 valence electrons. The van der Waals surface area contributed by atoms with Gasteiger partial charge in [0.1, 0.15) is 11.6 Å². The Morgan fingerprint density at radius 2 is 1.97 bits per heavy atom. The summed E-state index contributed by atoms with van der Waals surface area (Å²) in [6.45, 7) is 3.21. The number of nitrogens with one attached hydrogen (secondary N) is 1. The van der Waals surface area contributed by atoms with Crippen molar-refractivity contribution < 1.29 is 13.9 Å². The third-order valence-corrected chi connectivity index (χ3v) is 4.67. The standard InChI is InChI=1S/C23H25FN4O2/c1-17-4-5-18(22-15-25-10-11-26-22)14-21(17)27-16-23(29)28(2)12-3-13-30-20-8-6-19(24)7-9-20/h4-11,14-15,27H,3,12-13,16H2,1-2H3. The van der Waals surface area contributed by atoms with Crippen molar-refractivity contribution in [2.45, 2.75) is 13.3 Å². The summed E-state index contributed by atoms with van der Waals surface area (Å²) in [4.78, 5) is 22.5. The molecule has 0 bridgehead atoms. The average molecular weight is 408 g/mol. The van der Waals surface area contributed by atoms with Crippen LogP contribution >= 0.6 is 0 Å². The largest absolute Gasteiger partial charge is 0.494 e. The van der Waals surface area contributed by atoms with Gasteiger partial charge in [0.15, 0.2) is 0 Å². The molecule has 1 N–H and O–H groups in total. The van der Waals surface area contributed by atoms with Gasteiger partial charge in [-0.05, 0) is 49.2 Å². The number of hydrogen-bond acceptors (Lipinski definition) is 5. The predicted molar refractivity (Wildman–Crippen MR) is 115 cm³/mol. The molecular weight excluding hydrogens is 383 g/mol. The Bertz CT molecular complexity index is 965. The molecule has 1 aromatic heterocycles. The van der Waals surface area contributed by atoms with Crippen LogP contribution in [-0.2, 0) is 4.79 Å². The van der Waals surface area contributed by atoms with Gasteiger partial charge in [0.05, 0.1) is 25.0 Å². The molecule has 0 saturated carbocycles. The first-order chi connectivity index (χ1) is 14.5. The zero-order valence-corrected chi connectivity index (χ0v) is 17.1. The lowest BCUT2D eigenvalue weighted by Gasteiger charge is -2.19. The van der Waals surface area contributed by atoms with Crippen LogP contribution in [0.15, 0.2) is 61.1 Å². The maximum absolute atomic E-state index is 12.9. The molecule has 0 saturated heterocycles. The summed E-state index contributed by atoms with van der Waals surface area (Å²) in [7, 11) is 1.77. The minimum Gasteiger partial charge on any atom is -0.494 e. The van der Waals surface area contributed by atoms with E-state index in [9.17, 15) is 9.18 Å². The van der Waals surface area contributed by atoms with Crippen LogP contribution in [-0.4, -0.2) is 47.5 Å². The van der Waals surface area contributed by atoms with Crippen LogP contribution in [0.4, 0.5) is 10.1 Å². The highest BCUT2D eigenvalue weighted by atomic mass is 19.1. The zero-order valence-electron chi connectivity index (χ0n) is 17.1. The molecule has 7 heteroatoms. The van der Waals surface area contributed by atoms with Gasteiger partial charge in [-0.3, -0.25) is 14.8 Å². The van der Waals surface area contributed by atoms with E-state index in [0.29, 0.717) is 25.3 Å². The number of halogens is 1. The summed E-state index contributed by atoms with van der Waals surface area (Å²) >= 11 is 0. The van der Waals surface area contributed by atoms with Crippen molar-refractivity contribution in [3.63, 3.8) is 0 Å². The Morgan fingerprint density at radius 1 is 1.17 bits per heavy atom. The SMILES string of the molecule is Cc1ccc(-c2cnccn2)cc1NCC(=O)N(C)CCCOc1ccc(F)cc1. The minimum absolute atomic E-state index is 0.0129. The molecule has 0 aliphatic rings. The van der Waals surface area contributed by atoms with Gasteiger partial charge in [0.25, 0.3) is 0 Å². The van der Waals surface area contributed by atoms with Gasteiger partial charge >= 0.3 is 0 Å². The Balaban J connectivity index is 1.46. The van der Waals surface area contributed by atoms with Crippen molar-refractivity contribution in [2.75, 3.05) is 32.1 Å². The molecule has 0 radical (unpaired) electrons. The molecule has 2 aromatic carbocycles. The number of carbonyl (C=O) groups is 1. The van der Waals surface area contributed by atoms with Gasteiger partial charge in [-0.25, -0.2) is 4.39 Å². The molecular formula is C23H25FN4O2. The molecule has 0 spiro atoms. The first-order valence-corrected chi connectivity index (χ1v) is 9.76. The second-order valence-corrected chi connectivity index (χ2v) is 6.95. The maximum Gasteiger partial charge on any atom is 0.241 e. The molecule has 0 fully saturated rings. The van der Waals surface area contributed by atoms with E-state index < -0.39 is 0 Å². The Hall–Kier alpha value is -3.48. The quantitative estimate of drug-likeness (QED) is 0.544. The molecule has 0 atom stereocenters. The average Bonchev–Trinajstić information content (AvgIpc) is 2.77. The number of aryl methyl sites for hydroxylation is 1. The van der Waals surface area contributed by atoms with E-state index in [0.717, 1.165) is 22.5 Å². The van der Waals surface area contributed by atoms with Crippen LogP contribution in [0.3, 0.4) is 0 Å². The summed E-state index contributed by atoms with van der Waals surface area (Å²) in [6.07, 6.45) is 5.68. The molecule has 3 rings (SSSR count). The van der Waals surface area contributed by atoms with Crippen LogP contribution in [0.25, 0.3) is 11.3 Å². The van der Waals surface area contributed by atoms with Crippen molar-refractivity contribution >= 4 is 11.6 Å². The summed E-state index contributed by atoms with van der Waals surface area (Å²) < 4.78 is 18.4. The fourth-order valence-corrected chi connectivity index (χ4v) is 2.87. The summed E-state index contributed by atoms with van der Waals surface area (Å²) in [5.41, 5.74) is 3.66. The van der Waals surface area contributed by atoms with Crippen molar-refractivity contribution in [2.24, 2.45) is 0 Å². The first-order valence-electron chi connectivity index (χ1n) is 9.76. The lowest BCUT2D eigenvalue weighted by atomic mass is 10.1. The van der Waals surface area contributed by atoms with E-state index in [-0.39, 0.29) is 18.3 Å². The van der Waals surface area contributed by atoms with Crippen LogP contribution in [0, 0.1) is 12.7 Å². The number of aromatic nitrogens is 2. The molecule has 0 aliphatic heterocycles. The summed E-state index contributed by atoms with van der Waals surface area (Å²) in [6, 6.07) is 11.9. The maximum atomic E-state index is 12.9. The second kappa shape index (κ2) is 10.3. The predicted octanol–water partition coefficient (Wildman–Crippen LogP) is 3.93. The monoisotopic (exact) mass is 408 g/mol. The number of likely N-dealkylation sites (N-methyl/N-ethyl adjacent to an activating group) is 1. The number of ether oxygens (including phenoxy) is 1. The molecule has 3 aromatic rings. The van der Waals surface area contributed by atoms with Crippen molar-refractivity contribution in [1.29, 1.82) is 0 Å². The van der Waals surface area contributed by atoms with Crippen molar-refractivity contribution in [3.8, 4) is 17.0 Å². The van der Waals surface area contributed by atoms with E-state index in [4.69, 9.17) is 4.74 Å². The fraction of sp³-hybridized carbons (Fsp3) is 0.261. The lowest BCUT2D eigenvalue weighted by Crippen LogP contribution is -2.33. The Labute approximate surface area is 175 Å². The Morgan fingerprint density at radius 3 is 2.70 bits per heavy atom. The van der Waals surface area contributed by atoms with E-state index in [1.54, 1.807) is 42.7 Å². The highest BCUT2D eigenvalue weighted by Crippen LogP contribution is 2.23. The van der Waals surface area contributed by atoms with Crippen LogP contribution < -0.4 is 10.1 Å². The van der Waals surface area contributed by atoms with Gasteiger partial charge in [-0.15, -0.1) is 0 Å². The van der Waals surface area contributed by atoms with E-state index in [2.05, 4.69) is 15.3 Å². The van der Waals surface area contributed by atoms with E-state index >= 15 is 0 Å². The number of hydrogen-bond donors (Lipinski definition) is 1. The highest BCUT2D eigenvalue weighted by molar-refractivity contribution is 5.81. The lowest BCUT2D eigenvalue weighted by molar-refractivity contribution is -0.128. The Kier molecular flexibility index (Phi) is 7.32. The van der Waals surface area contributed by atoms with E-state index in [1.165, 1.54) is 12.1 Å². The number of carbonyl (C=O) groups excluding carboxylic acids is 1. The number of anilines is 1. The number of amides is 1. The normalized spacial score (nSPS) is 10.5. The van der Waals surface area contributed by atoms with Crippen LogP contribution in [0.2, 0.25) is 0 Å². The molecule has 30 heavy (non-hydrogen) atoms. The summed E-state index contributed by atoms with van der Waals surface area (Å²) in [5, 5.41) is 3.22. The van der Waals surface area contributed by atoms with Gasteiger partial charge in [-0.1, -0.05) is 12.1 Å². The van der Waals surface area contributed by atoms with Gasteiger partial charge in [0, 0.05) is 37.2 Å². The molecule has 0 unspecified atom stereocenters. The zero-order chi connectivity index (χ0) is 21.3. The van der Waals surface area contributed by atoms with Gasteiger partial charge < -0.3 is 15.0 Å². The number of benzene rings is 2. The minimum atomic E-state index is -0.294. The highest BCUT2D eigenvalue weighted by Gasteiger charge is 2.10. The summed E-state index contributed by atoms with van der Waals surface area (Å²) in [5.74, 6) is 0.309. The number of rotatable bonds is 9. The van der Waals surface area contributed by atoms with Crippen molar-refractivity contribution in [3.05, 3.63) is 72.4 Å². The molecule has 1 amide bonds. The van der Waals surface area contributed by atoms with Gasteiger partial charge in [-0.2, -0.15) is 0 Å². The topological polar surface area (TPSA) is 67.4 Å². The van der Waals surface area contributed by atoms with Crippen LogP contribution in [0.5, 0.6) is 5.75 Å². The molecule has 6 nitrogen and oxygen atoms in total. The van der Waals surface area contributed by atoms with Crippen molar-refractivity contribution in [1.82, 2.24) is 14.9 Å². The van der Waals surface area contributed by atoms with Gasteiger partial charge in [0.2, 0.25) is 5.91 Å². The number of nitrogens with zero attached hydrogens (tertiary/aromatic N) is 3.